The van der Waals surface area contributed by atoms with Crippen LogP contribution in [-0.2, 0) is 0 Å². The summed E-state index contributed by atoms with van der Waals surface area (Å²) in [5.41, 5.74) is 3.37. The maximum atomic E-state index is 9.20. The number of hydrogen-bond acceptors (Lipinski definition) is 6. The van der Waals surface area contributed by atoms with E-state index >= 15 is 0 Å². The second kappa shape index (κ2) is 4.43. The van der Waals surface area contributed by atoms with E-state index in [1.165, 1.54) is 0 Å². The number of imidazole rings is 1. The number of nitrogen functional groups attached to an aromatic ring is 1. The number of aromatic nitrogens is 3. The summed E-state index contributed by atoms with van der Waals surface area (Å²) < 4.78 is 1.89. The first kappa shape index (κ1) is 11.2. The van der Waals surface area contributed by atoms with Gasteiger partial charge in [0.05, 0.1) is 6.20 Å². The monoisotopic (exact) mass is 248 g/mol. The Kier molecular flexibility index (Phi) is 2.77. The van der Waals surface area contributed by atoms with E-state index in [-0.39, 0.29) is 6.61 Å². The SMILES string of the molecule is NNc1cn2ccnc2c(N2CCC(CO)C2)n1. The Morgan fingerprint density at radius 2 is 2.44 bits per heavy atom. The zero-order chi connectivity index (χ0) is 12.5. The molecule has 1 aliphatic heterocycles. The van der Waals surface area contributed by atoms with Crippen LogP contribution in [0.1, 0.15) is 6.42 Å². The molecular weight excluding hydrogens is 232 g/mol. The average molecular weight is 248 g/mol. The standard InChI is InChI=1S/C11H16N6O/c12-15-9-6-17-4-2-13-10(17)11(14-9)16-3-1-8(5-16)7-18/h2,4,6,8,15,18H,1,3,5,7,12H2. The fraction of sp³-hybridized carbons (Fsp3) is 0.455. The molecule has 0 saturated carbocycles. The number of fused-ring (bicyclic) bond motifs is 1. The molecule has 0 aliphatic carbocycles. The van der Waals surface area contributed by atoms with Gasteiger partial charge in [0.25, 0.3) is 0 Å². The zero-order valence-electron chi connectivity index (χ0n) is 9.95. The summed E-state index contributed by atoms with van der Waals surface area (Å²) in [5.74, 6) is 7.15. The van der Waals surface area contributed by atoms with Gasteiger partial charge in [-0.15, -0.1) is 0 Å². The molecule has 96 valence electrons. The molecule has 0 spiro atoms. The van der Waals surface area contributed by atoms with Crippen molar-refractivity contribution >= 4 is 17.3 Å². The lowest BCUT2D eigenvalue weighted by molar-refractivity contribution is 0.238. The van der Waals surface area contributed by atoms with Gasteiger partial charge in [-0.1, -0.05) is 0 Å². The number of hydrogen-bond donors (Lipinski definition) is 3. The van der Waals surface area contributed by atoms with Crippen LogP contribution >= 0.6 is 0 Å². The van der Waals surface area contributed by atoms with Crippen LogP contribution in [0, 0.1) is 5.92 Å². The van der Waals surface area contributed by atoms with Gasteiger partial charge in [-0.2, -0.15) is 0 Å². The van der Waals surface area contributed by atoms with Gasteiger partial charge < -0.3 is 19.8 Å². The van der Waals surface area contributed by atoms with Crippen molar-refractivity contribution in [2.45, 2.75) is 6.42 Å². The molecule has 0 radical (unpaired) electrons. The van der Waals surface area contributed by atoms with E-state index in [0.717, 1.165) is 31.0 Å². The number of anilines is 2. The highest BCUT2D eigenvalue weighted by Gasteiger charge is 2.25. The lowest BCUT2D eigenvalue weighted by Gasteiger charge is -2.18. The largest absolute Gasteiger partial charge is 0.396 e. The first-order valence-electron chi connectivity index (χ1n) is 5.98. The molecule has 1 unspecified atom stereocenters. The van der Waals surface area contributed by atoms with E-state index in [0.29, 0.717) is 11.7 Å². The number of aliphatic hydroxyl groups is 1. The van der Waals surface area contributed by atoms with Crippen molar-refractivity contribution in [2.24, 2.45) is 11.8 Å². The Balaban J connectivity index is 2.02. The van der Waals surface area contributed by atoms with E-state index in [2.05, 4.69) is 20.3 Å². The summed E-state index contributed by atoms with van der Waals surface area (Å²) >= 11 is 0. The van der Waals surface area contributed by atoms with Crippen LogP contribution in [0.15, 0.2) is 18.6 Å². The average Bonchev–Trinajstić information content (AvgIpc) is 3.05. The summed E-state index contributed by atoms with van der Waals surface area (Å²) in [5, 5.41) is 9.20. The quantitative estimate of drug-likeness (QED) is 0.516. The van der Waals surface area contributed by atoms with Gasteiger partial charge >= 0.3 is 0 Å². The van der Waals surface area contributed by atoms with Crippen molar-refractivity contribution in [3.8, 4) is 0 Å². The van der Waals surface area contributed by atoms with Crippen LogP contribution in [0.4, 0.5) is 11.6 Å². The van der Waals surface area contributed by atoms with Crippen LogP contribution in [0.5, 0.6) is 0 Å². The minimum Gasteiger partial charge on any atom is -0.396 e. The lowest BCUT2D eigenvalue weighted by Crippen LogP contribution is -2.23. The molecule has 3 rings (SSSR count). The molecule has 18 heavy (non-hydrogen) atoms. The molecule has 2 aromatic heterocycles. The maximum absolute atomic E-state index is 9.20. The highest BCUT2D eigenvalue weighted by molar-refractivity contribution is 5.67. The highest BCUT2D eigenvalue weighted by Crippen LogP contribution is 2.26. The third-order valence-electron chi connectivity index (χ3n) is 3.35. The molecule has 1 atom stereocenters. The van der Waals surface area contributed by atoms with E-state index in [4.69, 9.17) is 5.84 Å². The molecule has 4 N–H and O–H groups in total. The summed E-state index contributed by atoms with van der Waals surface area (Å²) in [4.78, 5) is 10.9. The molecule has 0 aromatic carbocycles. The van der Waals surface area contributed by atoms with E-state index in [9.17, 15) is 5.11 Å². The summed E-state index contributed by atoms with van der Waals surface area (Å²) in [7, 11) is 0. The molecule has 3 heterocycles. The van der Waals surface area contributed by atoms with Crippen molar-refractivity contribution in [2.75, 3.05) is 30.0 Å². The lowest BCUT2D eigenvalue weighted by atomic mass is 10.1. The third-order valence-corrected chi connectivity index (χ3v) is 3.35. The second-order valence-electron chi connectivity index (χ2n) is 4.54. The van der Waals surface area contributed by atoms with Gasteiger partial charge in [-0.05, 0) is 6.42 Å². The number of hydrazine groups is 1. The predicted octanol–water partition coefficient (Wildman–Crippen LogP) is -0.167. The van der Waals surface area contributed by atoms with Crippen molar-refractivity contribution in [1.29, 1.82) is 0 Å². The first-order valence-corrected chi connectivity index (χ1v) is 5.98. The normalized spacial score (nSPS) is 19.7. The van der Waals surface area contributed by atoms with Gasteiger partial charge in [0.2, 0.25) is 0 Å². The first-order chi connectivity index (χ1) is 8.81. The van der Waals surface area contributed by atoms with Crippen molar-refractivity contribution in [1.82, 2.24) is 14.4 Å². The minimum absolute atomic E-state index is 0.218. The zero-order valence-corrected chi connectivity index (χ0v) is 9.95. The molecule has 0 amide bonds. The van der Waals surface area contributed by atoms with Gasteiger partial charge in [-0.25, -0.2) is 15.8 Å². The maximum Gasteiger partial charge on any atom is 0.180 e. The Bertz CT molecular complexity index is 553. The topological polar surface area (TPSA) is 91.7 Å². The highest BCUT2D eigenvalue weighted by atomic mass is 16.3. The van der Waals surface area contributed by atoms with Crippen molar-refractivity contribution in [3.05, 3.63) is 18.6 Å². The van der Waals surface area contributed by atoms with Gasteiger partial charge in [0.15, 0.2) is 17.3 Å². The molecule has 1 saturated heterocycles. The Morgan fingerprint density at radius 1 is 1.56 bits per heavy atom. The molecule has 1 fully saturated rings. The number of rotatable bonds is 3. The van der Waals surface area contributed by atoms with E-state index < -0.39 is 0 Å². The Morgan fingerprint density at radius 3 is 3.17 bits per heavy atom. The third kappa shape index (κ3) is 1.77. The number of nitrogens with zero attached hydrogens (tertiary/aromatic N) is 4. The predicted molar refractivity (Wildman–Crippen MR) is 68.2 cm³/mol. The molecule has 1 aliphatic rings. The smallest absolute Gasteiger partial charge is 0.180 e. The molecule has 7 heteroatoms. The van der Waals surface area contributed by atoms with Crippen LogP contribution in [0.3, 0.4) is 0 Å². The Labute approximate surface area is 104 Å². The van der Waals surface area contributed by atoms with Crippen LogP contribution in [0.2, 0.25) is 0 Å². The van der Waals surface area contributed by atoms with Crippen molar-refractivity contribution < 1.29 is 5.11 Å². The summed E-state index contributed by atoms with van der Waals surface area (Å²) in [6, 6.07) is 0. The summed E-state index contributed by atoms with van der Waals surface area (Å²) in [6.07, 6.45) is 6.37. The number of aliphatic hydroxyl groups excluding tert-OH is 1. The minimum atomic E-state index is 0.218. The van der Waals surface area contributed by atoms with E-state index in [1.807, 2.05) is 10.6 Å². The molecular formula is C11H16N6O. The van der Waals surface area contributed by atoms with Crippen LogP contribution in [-0.4, -0.2) is 39.2 Å². The second-order valence-corrected chi connectivity index (χ2v) is 4.54. The number of nitrogens with one attached hydrogen (secondary N) is 1. The van der Waals surface area contributed by atoms with Gasteiger partial charge in [0.1, 0.15) is 0 Å². The van der Waals surface area contributed by atoms with Gasteiger partial charge in [0, 0.05) is 38.0 Å². The molecule has 0 bridgehead atoms. The number of nitrogens with two attached hydrogens (primary N) is 1. The van der Waals surface area contributed by atoms with Crippen LogP contribution in [0.25, 0.3) is 5.65 Å². The Hall–Kier alpha value is -1.86. The molecule has 2 aromatic rings. The van der Waals surface area contributed by atoms with Gasteiger partial charge in [-0.3, -0.25) is 0 Å². The fourth-order valence-corrected chi connectivity index (χ4v) is 2.37. The summed E-state index contributed by atoms with van der Waals surface area (Å²) in [6.45, 7) is 1.91. The van der Waals surface area contributed by atoms with Crippen LogP contribution < -0.4 is 16.2 Å². The fourth-order valence-electron chi connectivity index (χ4n) is 2.37. The van der Waals surface area contributed by atoms with Crippen molar-refractivity contribution in [3.63, 3.8) is 0 Å². The molecule has 7 nitrogen and oxygen atoms in total. The van der Waals surface area contributed by atoms with E-state index in [1.54, 1.807) is 12.4 Å².